The van der Waals surface area contributed by atoms with Gasteiger partial charge in [-0.05, 0) is 54.1 Å². The lowest BCUT2D eigenvalue weighted by Crippen LogP contribution is -2.39. The highest BCUT2D eigenvalue weighted by molar-refractivity contribution is 7.10. The van der Waals surface area contributed by atoms with E-state index < -0.39 is 0 Å². The van der Waals surface area contributed by atoms with Gasteiger partial charge in [0.25, 0.3) is 0 Å². The summed E-state index contributed by atoms with van der Waals surface area (Å²) >= 11 is 1.24. The number of aliphatic imine (C=N–C) groups is 1. The number of amides is 6. The second-order valence-corrected chi connectivity index (χ2v) is 17.6. The molecule has 0 radical (unpaired) electrons. The minimum absolute atomic E-state index is 0.0983. The molecule has 350 valence electrons. The van der Waals surface area contributed by atoms with Crippen molar-refractivity contribution in [3.63, 3.8) is 0 Å². The zero-order valence-corrected chi connectivity index (χ0v) is 40.0. The van der Waals surface area contributed by atoms with Crippen molar-refractivity contribution in [2.45, 2.75) is 188 Å². The highest BCUT2D eigenvalue weighted by Gasteiger charge is 2.12. The second kappa shape index (κ2) is 36.4. The molecule has 62 heavy (non-hydrogen) atoms. The SMILES string of the molecule is CCCCCCCCCCNC(=O)NC(C=C(N)c1cccc(CN(C)C(=O)NCCCCCCCCCC)c1)=NCCc1cc(NC(=O)NCCCCCCCCCC)sn1. The van der Waals surface area contributed by atoms with Crippen LogP contribution in [0.5, 0.6) is 0 Å². The molecule has 0 fully saturated rings. The quantitative estimate of drug-likeness (QED) is 0.0230. The molecule has 12 nitrogen and oxygen atoms in total. The van der Waals surface area contributed by atoms with Crippen LogP contribution in [0.4, 0.5) is 19.4 Å². The van der Waals surface area contributed by atoms with Crippen LogP contribution in [0.1, 0.15) is 192 Å². The van der Waals surface area contributed by atoms with E-state index in [1.165, 1.54) is 127 Å². The van der Waals surface area contributed by atoms with Crippen LogP contribution < -0.4 is 32.3 Å². The van der Waals surface area contributed by atoms with E-state index >= 15 is 0 Å². The Morgan fingerprint density at radius 2 is 1.18 bits per heavy atom. The molecule has 0 saturated heterocycles. The summed E-state index contributed by atoms with van der Waals surface area (Å²) < 4.78 is 4.52. The molecule has 2 rings (SSSR count). The molecule has 7 N–H and O–H groups in total. The number of nitrogens with two attached hydrogens (primary N) is 1. The first-order valence-electron chi connectivity index (χ1n) is 24.4. The number of unbranched alkanes of at least 4 members (excludes halogenated alkanes) is 21. The molecule has 13 heteroatoms. The van der Waals surface area contributed by atoms with Gasteiger partial charge < -0.3 is 26.6 Å². The average molecular weight is 880 g/mol. The largest absolute Gasteiger partial charge is 0.398 e. The third kappa shape index (κ3) is 27.7. The van der Waals surface area contributed by atoms with Gasteiger partial charge in [-0.25, -0.2) is 14.4 Å². The number of carbonyl (C=O) groups excluding carboxylic acids is 3. The maximum absolute atomic E-state index is 13.0. The van der Waals surface area contributed by atoms with Gasteiger partial charge in [0.15, 0.2) is 0 Å². The maximum atomic E-state index is 13.0. The summed E-state index contributed by atoms with van der Waals surface area (Å²) in [6.45, 7) is 9.38. The molecule has 1 heterocycles. The summed E-state index contributed by atoms with van der Waals surface area (Å²) in [5, 5.41) is 15.5. The molecule has 0 aliphatic carbocycles. The van der Waals surface area contributed by atoms with E-state index in [0.717, 1.165) is 55.3 Å². The molecule has 0 atom stereocenters. The lowest BCUT2D eigenvalue weighted by molar-refractivity contribution is 0.206. The zero-order chi connectivity index (χ0) is 44.9. The molecule has 1 aromatic heterocycles. The van der Waals surface area contributed by atoms with Gasteiger partial charge in [-0.3, -0.25) is 15.6 Å². The molecule has 0 aliphatic rings. The molecule has 6 amide bonds. The van der Waals surface area contributed by atoms with Crippen LogP contribution in [-0.4, -0.2) is 66.4 Å². The van der Waals surface area contributed by atoms with E-state index in [0.29, 0.717) is 55.7 Å². The number of hydrogen-bond acceptors (Lipinski definition) is 7. The van der Waals surface area contributed by atoms with E-state index in [4.69, 9.17) is 10.7 Å². The number of benzene rings is 1. The molecule has 1 aromatic carbocycles. The number of carbonyl (C=O) groups is 3. The molecule has 0 saturated carbocycles. The first-order valence-corrected chi connectivity index (χ1v) is 25.2. The normalized spacial score (nSPS) is 11.7. The number of amidine groups is 1. The Hall–Kier alpha value is -4.13. The van der Waals surface area contributed by atoms with Crippen LogP contribution >= 0.6 is 11.5 Å². The summed E-state index contributed by atoms with van der Waals surface area (Å²) in [4.78, 5) is 44.8. The predicted molar refractivity (Wildman–Crippen MR) is 263 cm³/mol. The van der Waals surface area contributed by atoms with Crippen molar-refractivity contribution >= 4 is 46.2 Å². The first-order chi connectivity index (χ1) is 30.2. The van der Waals surface area contributed by atoms with Gasteiger partial charge in [-0.15, -0.1) is 0 Å². The number of nitrogens with one attached hydrogen (secondary N) is 5. The fraction of sp³-hybridized carbons (Fsp3) is 0.694. The van der Waals surface area contributed by atoms with E-state index in [1.807, 2.05) is 30.3 Å². The average Bonchev–Trinajstić information content (AvgIpc) is 3.71. The number of anilines is 1. The van der Waals surface area contributed by atoms with Crippen molar-refractivity contribution in [3.05, 3.63) is 53.2 Å². The molecule has 0 aliphatic heterocycles. The summed E-state index contributed by atoms with van der Waals surface area (Å²) in [7, 11) is 1.80. The minimum Gasteiger partial charge on any atom is -0.398 e. The molecule has 0 bridgehead atoms. The number of urea groups is 3. The van der Waals surface area contributed by atoms with Crippen molar-refractivity contribution in [1.29, 1.82) is 0 Å². The highest BCUT2D eigenvalue weighted by atomic mass is 32.1. The van der Waals surface area contributed by atoms with Gasteiger partial charge in [-0.1, -0.05) is 174 Å². The van der Waals surface area contributed by atoms with Crippen molar-refractivity contribution < 1.29 is 14.4 Å². The van der Waals surface area contributed by atoms with Crippen LogP contribution in [0.2, 0.25) is 0 Å². The monoisotopic (exact) mass is 880 g/mol. The zero-order valence-electron chi connectivity index (χ0n) is 39.2. The number of hydrogen-bond donors (Lipinski definition) is 6. The van der Waals surface area contributed by atoms with Gasteiger partial charge in [0.1, 0.15) is 10.8 Å². The smallest absolute Gasteiger partial charge is 0.320 e. The van der Waals surface area contributed by atoms with Crippen LogP contribution in [0.25, 0.3) is 5.70 Å². The third-order valence-corrected chi connectivity index (χ3v) is 11.7. The van der Waals surface area contributed by atoms with Gasteiger partial charge in [0.2, 0.25) is 0 Å². The van der Waals surface area contributed by atoms with E-state index in [2.05, 4.69) is 51.7 Å². The van der Waals surface area contributed by atoms with Crippen LogP contribution in [0.15, 0.2) is 41.4 Å². The Balaban J connectivity index is 1.95. The van der Waals surface area contributed by atoms with Crippen molar-refractivity contribution in [2.24, 2.45) is 10.7 Å². The third-order valence-electron chi connectivity index (χ3n) is 10.9. The standard InChI is InChI=1S/C49H85N9O3S/c1-5-8-11-14-17-20-23-26-33-52-47(59)55-45(51-36-32-43-38-46(62-57-43)56-48(60)53-34-27-24-21-18-15-12-9-6-2)39-44(50)42-31-29-30-41(37-42)40-58(4)49(61)54-35-28-25-22-19-16-13-10-7-3/h29-31,37-39H,5-28,32-36,40,50H2,1-4H3,(H,54,61)(H2,53,56,60)(H2,51,52,55,59). The van der Waals surface area contributed by atoms with Gasteiger partial charge in [0, 0.05) is 58.0 Å². The summed E-state index contributed by atoms with van der Waals surface area (Å²) in [5.41, 5.74) is 9.58. The summed E-state index contributed by atoms with van der Waals surface area (Å²) in [5.74, 6) is 0.340. The Kier molecular flexibility index (Phi) is 31.7. The van der Waals surface area contributed by atoms with Crippen molar-refractivity contribution in [2.75, 3.05) is 38.5 Å². The van der Waals surface area contributed by atoms with Crippen molar-refractivity contribution in [1.82, 2.24) is 30.5 Å². The summed E-state index contributed by atoms with van der Waals surface area (Å²) in [6.07, 6.45) is 31.3. The topological polar surface area (TPSA) is 166 Å². The van der Waals surface area contributed by atoms with Crippen LogP contribution in [-0.2, 0) is 13.0 Å². The fourth-order valence-corrected chi connectivity index (χ4v) is 7.84. The molecule has 2 aromatic rings. The van der Waals surface area contributed by atoms with E-state index in [9.17, 15) is 14.4 Å². The number of nitrogens with zero attached hydrogens (tertiary/aromatic N) is 3. The van der Waals surface area contributed by atoms with Crippen molar-refractivity contribution in [3.8, 4) is 0 Å². The molecule has 0 spiro atoms. The number of rotatable bonds is 35. The lowest BCUT2D eigenvalue weighted by atomic mass is 10.1. The second-order valence-electron chi connectivity index (χ2n) is 16.8. The van der Waals surface area contributed by atoms with Gasteiger partial charge in [0.05, 0.1) is 5.69 Å². The summed E-state index contributed by atoms with van der Waals surface area (Å²) in [6, 6.07) is 8.98. The maximum Gasteiger partial charge on any atom is 0.320 e. The Morgan fingerprint density at radius 3 is 1.73 bits per heavy atom. The van der Waals surface area contributed by atoms with Crippen LogP contribution in [0, 0.1) is 0 Å². The van der Waals surface area contributed by atoms with Gasteiger partial charge >= 0.3 is 18.1 Å². The predicted octanol–water partition coefficient (Wildman–Crippen LogP) is 12.1. The van der Waals surface area contributed by atoms with Crippen LogP contribution in [0.3, 0.4) is 0 Å². The van der Waals surface area contributed by atoms with Gasteiger partial charge in [-0.2, -0.15) is 4.37 Å². The van der Waals surface area contributed by atoms with E-state index in [1.54, 1.807) is 18.0 Å². The molecular formula is C49H85N9O3S. The minimum atomic E-state index is -0.331. The Morgan fingerprint density at radius 1 is 0.677 bits per heavy atom. The fourth-order valence-electron chi connectivity index (χ4n) is 7.15. The Labute approximate surface area is 380 Å². The number of aromatic nitrogens is 1. The van der Waals surface area contributed by atoms with E-state index in [-0.39, 0.29) is 18.1 Å². The highest BCUT2D eigenvalue weighted by Crippen LogP contribution is 2.18. The molecular weight excluding hydrogens is 795 g/mol. The lowest BCUT2D eigenvalue weighted by Gasteiger charge is -2.18. The molecule has 0 unspecified atom stereocenters. The Bertz CT molecular complexity index is 1550. The first kappa shape index (κ1) is 54.0.